The molecule has 0 heterocycles. The van der Waals surface area contributed by atoms with Crippen molar-refractivity contribution in [3.8, 4) is 0 Å². The SMILES string of the molecule is NC(=O)N[C@H](CC(=O)OCC(=O)Nc1ccccc1F)c1ccccc1Cl. The Kier molecular flexibility index (Phi) is 7.13. The summed E-state index contributed by atoms with van der Waals surface area (Å²) in [5.41, 5.74) is 5.59. The minimum atomic E-state index is -0.843. The van der Waals surface area contributed by atoms with Gasteiger partial charge in [-0.1, -0.05) is 41.9 Å². The highest BCUT2D eigenvalue weighted by molar-refractivity contribution is 6.31. The molecule has 0 unspecified atom stereocenters. The highest BCUT2D eigenvalue weighted by Gasteiger charge is 2.21. The van der Waals surface area contributed by atoms with E-state index in [4.69, 9.17) is 22.1 Å². The number of anilines is 1. The number of para-hydroxylation sites is 1. The Morgan fingerprint density at radius 1 is 1.11 bits per heavy atom. The summed E-state index contributed by atoms with van der Waals surface area (Å²) in [5.74, 6) is -2.08. The average molecular weight is 394 g/mol. The number of hydrogen-bond acceptors (Lipinski definition) is 4. The van der Waals surface area contributed by atoms with Crippen LogP contribution in [-0.2, 0) is 14.3 Å². The van der Waals surface area contributed by atoms with Gasteiger partial charge in [-0.2, -0.15) is 0 Å². The molecule has 1 atom stereocenters. The number of hydrogen-bond donors (Lipinski definition) is 3. The normalized spacial score (nSPS) is 11.3. The zero-order valence-electron chi connectivity index (χ0n) is 14.1. The van der Waals surface area contributed by atoms with Gasteiger partial charge in [0.1, 0.15) is 5.82 Å². The minimum Gasteiger partial charge on any atom is -0.455 e. The summed E-state index contributed by atoms with van der Waals surface area (Å²) in [7, 11) is 0. The fourth-order valence-corrected chi connectivity index (χ4v) is 2.56. The van der Waals surface area contributed by atoms with Gasteiger partial charge in [0.15, 0.2) is 6.61 Å². The third kappa shape index (κ3) is 6.27. The molecule has 2 rings (SSSR count). The standard InChI is InChI=1S/C18H17ClFN3O4/c19-12-6-2-1-5-11(12)15(23-18(21)26)9-17(25)27-10-16(24)22-14-8-4-3-7-13(14)20/h1-8,15H,9-10H2,(H,22,24)(H3,21,23,26)/t15-/m1/s1. The molecule has 2 aromatic rings. The predicted octanol–water partition coefficient (Wildman–Crippen LogP) is 2.76. The average Bonchev–Trinajstić information content (AvgIpc) is 2.61. The van der Waals surface area contributed by atoms with Crippen LogP contribution >= 0.6 is 11.6 Å². The van der Waals surface area contributed by atoms with E-state index in [1.165, 1.54) is 18.2 Å². The summed E-state index contributed by atoms with van der Waals surface area (Å²) in [6.45, 7) is -0.612. The van der Waals surface area contributed by atoms with Crippen molar-refractivity contribution in [3.05, 3.63) is 64.9 Å². The molecular formula is C18H17ClFN3O4. The van der Waals surface area contributed by atoms with Crippen molar-refractivity contribution in [1.29, 1.82) is 0 Å². The third-order valence-corrected chi connectivity index (χ3v) is 3.82. The van der Waals surface area contributed by atoms with Crippen molar-refractivity contribution in [3.63, 3.8) is 0 Å². The third-order valence-electron chi connectivity index (χ3n) is 3.48. The molecule has 0 aromatic heterocycles. The highest BCUT2D eigenvalue weighted by Crippen LogP contribution is 2.25. The summed E-state index contributed by atoms with van der Waals surface area (Å²) >= 11 is 6.07. The van der Waals surface area contributed by atoms with Crippen LogP contribution in [0.5, 0.6) is 0 Å². The van der Waals surface area contributed by atoms with Gasteiger partial charge in [-0.05, 0) is 23.8 Å². The number of carbonyl (C=O) groups excluding carboxylic acids is 3. The fourth-order valence-electron chi connectivity index (χ4n) is 2.29. The summed E-state index contributed by atoms with van der Waals surface area (Å²) in [5, 5.41) is 5.03. The molecule has 2 aromatic carbocycles. The topological polar surface area (TPSA) is 111 Å². The lowest BCUT2D eigenvalue weighted by Crippen LogP contribution is -2.35. The van der Waals surface area contributed by atoms with E-state index in [1.807, 2.05) is 0 Å². The Balaban J connectivity index is 1.93. The van der Waals surface area contributed by atoms with Crippen LogP contribution in [-0.4, -0.2) is 24.5 Å². The van der Waals surface area contributed by atoms with Crippen molar-refractivity contribution in [2.75, 3.05) is 11.9 Å². The van der Waals surface area contributed by atoms with Crippen molar-refractivity contribution < 1.29 is 23.5 Å². The van der Waals surface area contributed by atoms with E-state index < -0.39 is 36.4 Å². The van der Waals surface area contributed by atoms with Crippen molar-refractivity contribution in [2.45, 2.75) is 12.5 Å². The van der Waals surface area contributed by atoms with E-state index in [1.54, 1.807) is 30.3 Å². The molecule has 0 aliphatic carbocycles. The van der Waals surface area contributed by atoms with Gasteiger partial charge in [-0.3, -0.25) is 9.59 Å². The summed E-state index contributed by atoms with van der Waals surface area (Å²) in [4.78, 5) is 35.0. The first kappa shape index (κ1) is 20.2. The second-order valence-corrected chi connectivity index (χ2v) is 5.88. The molecule has 142 valence electrons. The zero-order valence-corrected chi connectivity index (χ0v) is 14.8. The molecule has 0 bridgehead atoms. The van der Waals surface area contributed by atoms with Crippen LogP contribution < -0.4 is 16.4 Å². The number of urea groups is 1. The first-order valence-corrected chi connectivity index (χ1v) is 8.25. The molecule has 9 heteroatoms. The van der Waals surface area contributed by atoms with Crippen molar-refractivity contribution in [2.24, 2.45) is 5.73 Å². The maximum absolute atomic E-state index is 13.5. The molecule has 3 amide bonds. The second kappa shape index (κ2) is 9.54. The van der Waals surface area contributed by atoms with Gasteiger partial charge in [0.2, 0.25) is 0 Å². The predicted molar refractivity (Wildman–Crippen MR) is 97.5 cm³/mol. The van der Waals surface area contributed by atoms with Crippen LogP contribution in [0.3, 0.4) is 0 Å². The minimum absolute atomic E-state index is 0.0251. The molecule has 0 saturated heterocycles. The van der Waals surface area contributed by atoms with Crippen LogP contribution in [0.25, 0.3) is 0 Å². The highest BCUT2D eigenvalue weighted by atomic mass is 35.5. The van der Waals surface area contributed by atoms with Gasteiger partial charge >= 0.3 is 12.0 Å². The van der Waals surface area contributed by atoms with Gasteiger partial charge < -0.3 is 21.1 Å². The van der Waals surface area contributed by atoms with Gasteiger partial charge in [0, 0.05) is 5.02 Å². The van der Waals surface area contributed by atoms with E-state index in [9.17, 15) is 18.8 Å². The molecule has 0 radical (unpaired) electrons. The Labute approximate surface area is 159 Å². The Morgan fingerprint density at radius 3 is 2.44 bits per heavy atom. The van der Waals surface area contributed by atoms with Gasteiger partial charge in [0.05, 0.1) is 18.2 Å². The summed E-state index contributed by atoms with van der Waals surface area (Å²) in [6.07, 6.45) is -0.292. The molecule has 0 fully saturated rings. The maximum Gasteiger partial charge on any atom is 0.312 e. The van der Waals surface area contributed by atoms with E-state index in [0.717, 1.165) is 0 Å². The number of primary amides is 1. The Bertz CT molecular complexity index is 847. The summed E-state index contributed by atoms with van der Waals surface area (Å²) < 4.78 is 18.4. The lowest BCUT2D eigenvalue weighted by atomic mass is 10.0. The Morgan fingerprint density at radius 2 is 1.78 bits per heavy atom. The van der Waals surface area contributed by atoms with Crippen molar-refractivity contribution in [1.82, 2.24) is 5.32 Å². The van der Waals surface area contributed by atoms with E-state index in [2.05, 4.69) is 10.6 Å². The van der Waals surface area contributed by atoms with Crippen LogP contribution in [0.2, 0.25) is 5.02 Å². The van der Waals surface area contributed by atoms with Gasteiger partial charge in [0.25, 0.3) is 5.91 Å². The quantitative estimate of drug-likeness (QED) is 0.628. The second-order valence-electron chi connectivity index (χ2n) is 5.48. The van der Waals surface area contributed by atoms with E-state index in [0.29, 0.717) is 10.6 Å². The van der Waals surface area contributed by atoms with E-state index >= 15 is 0 Å². The number of rotatable bonds is 7. The Hall–Kier alpha value is -3.13. The molecule has 0 spiro atoms. The van der Waals surface area contributed by atoms with Crippen molar-refractivity contribution >= 4 is 35.2 Å². The number of esters is 1. The summed E-state index contributed by atoms with van der Waals surface area (Å²) in [6, 6.07) is 10.5. The molecule has 4 N–H and O–H groups in total. The molecule has 0 saturated carbocycles. The number of benzene rings is 2. The van der Waals surface area contributed by atoms with Crippen LogP contribution in [0.4, 0.5) is 14.9 Å². The smallest absolute Gasteiger partial charge is 0.312 e. The molecule has 0 aliphatic rings. The van der Waals surface area contributed by atoms with Gasteiger partial charge in [-0.25, -0.2) is 9.18 Å². The largest absolute Gasteiger partial charge is 0.455 e. The lowest BCUT2D eigenvalue weighted by Gasteiger charge is -2.18. The maximum atomic E-state index is 13.5. The molecule has 0 aliphatic heterocycles. The number of nitrogens with one attached hydrogen (secondary N) is 2. The first-order chi connectivity index (χ1) is 12.9. The number of amides is 3. The number of halogens is 2. The number of nitrogens with two attached hydrogens (primary N) is 1. The van der Waals surface area contributed by atoms with E-state index in [-0.39, 0.29) is 12.1 Å². The first-order valence-electron chi connectivity index (χ1n) is 7.87. The monoisotopic (exact) mass is 393 g/mol. The van der Waals surface area contributed by atoms with Gasteiger partial charge in [-0.15, -0.1) is 0 Å². The zero-order chi connectivity index (χ0) is 19.8. The van der Waals surface area contributed by atoms with Crippen LogP contribution in [0.1, 0.15) is 18.0 Å². The lowest BCUT2D eigenvalue weighted by molar-refractivity contribution is -0.147. The van der Waals surface area contributed by atoms with Crippen LogP contribution in [0, 0.1) is 5.82 Å². The molecular weight excluding hydrogens is 377 g/mol. The van der Waals surface area contributed by atoms with Crippen LogP contribution in [0.15, 0.2) is 48.5 Å². The molecule has 7 nitrogen and oxygen atoms in total. The fraction of sp³-hybridized carbons (Fsp3) is 0.167. The number of carbonyl (C=O) groups is 3. The number of ether oxygens (including phenoxy) is 1. The molecule has 27 heavy (non-hydrogen) atoms.